The number of anilines is 1. The number of ether oxygens (including phenoxy) is 2. The van der Waals surface area contributed by atoms with Crippen molar-refractivity contribution in [3.8, 4) is 11.5 Å². The number of carbonyl (C=O) groups is 2. The van der Waals surface area contributed by atoms with Gasteiger partial charge in [0.1, 0.15) is 11.5 Å². The van der Waals surface area contributed by atoms with Crippen LogP contribution in [-0.2, 0) is 4.79 Å². The smallest absolute Gasteiger partial charge is 0.272 e. The molecule has 0 atom stereocenters. The summed E-state index contributed by atoms with van der Waals surface area (Å²) >= 11 is 6.10. The molecule has 0 spiro atoms. The Kier molecular flexibility index (Phi) is 5.86. The molecule has 0 aromatic heterocycles. The van der Waals surface area contributed by atoms with Crippen LogP contribution in [0.25, 0.3) is 6.08 Å². The van der Waals surface area contributed by atoms with Gasteiger partial charge in [-0.05, 0) is 60.2 Å². The lowest BCUT2D eigenvalue weighted by Crippen LogP contribution is -2.31. The molecule has 0 radical (unpaired) electrons. The lowest BCUT2D eigenvalue weighted by atomic mass is 10.1. The third kappa shape index (κ3) is 4.84. The summed E-state index contributed by atoms with van der Waals surface area (Å²) < 4.78 is 23.8. The van der Waals surface area contributed by atoms with Crippen molar-refractivity contribution in [2.45, 2.75) is 0 Å². The zero-order chi connectivity index (χ0) is 21.8. The quantitative estimate of drug-likeness (QED) is 0.570. The summed E-state index contributed by atoms with van der Waals surface area (Å²) in [6.45, 7) is 0.115. The minimum Gasteiger partial charge on any atom is -0.454 e. The topological polar surface area (TPSA) is 76.7 Å². The van der Waals surface area contributed by atoms with Crippen LogP contribution in [0.4, 0.5) is 10.1 Å². The molecule has 31 heavy (non-hydrogen) atoms. The fraction of sp³-hybridized carbons (Fsp3) is 0.0435. The minimum atomic E-state index is -0.593. The number of carbonyl (C=O) groups excluding carboxylic acids is 2. The molecule has 0 bridgehead atoms. The Labute approximate surface area is 182 Å². The van der Waals surface area contributed by atoms with Gasteiger partial charge < -0.3 is 20.1 Å². The second-order valence-corrected chi connectivity index (χ2v) is 6.97. The summed E-state index contributed by atoms with van der Waals surface area (Å²) in [5.74, 6) is -0.447. The first-order valence-corrected chi connectivity index (χ1v) is 9.61. The first-order valence-electron chi connectivity index (χ1n) is 9.24. The fourth-order valence-electron chi connectivity index (χ4n) is 2.89. The second-order valence-electron chi connectivity index (χ2n) is 6.57. The highest BCUT2D eigenvalue weighted by molar-refractivity contribution is 6.34. The molecule has 1 aliphatic rings. The fourth-order valence-corrected chi connectivity index (χ4v) is 3.12. The molecule has 0 unspecified atom stereocenters. The molecule has 2 N–H and O–H groups in total. The van der Waals surface area contributed by atoms with Crippen molar-refractivity contribution in [1.82, 2.24) is 5.32 Å². The molecule has 3 aromatic rings. The van der Waals surface area contributed by atoms with Crippen LogP contribution >= 0.6 is 11.6 Å². The van der Waals surface area contributed by atoms with E-state index in [2.05, 4.69) is 10.6 Å². The number of benzene rings is 3. The van der Waals surface area contributed by atoms with Crippen molar-refractivity contribution < 1.29 is 23.5 Å². The number of amides is 2. The van der Waals surface area contributed by atoms with Crippen LogP contribution < -0.4 is 20.1 Å². The standard InChI is InChI=1S/C23H16ClFN2O4/c24-18-4-2-1-3-17(18)22(28)27-19(23(29)26-16-8-6-15(25)7-9-16)11-14-5-10-20-21(12-14)31-13-30-20/h1-12H,13H2,(H,26,29)(H,27,28)/b19-11+. The Balaban J connectivity index is 1.64. The van der Waals surface area contributed by atoms with E-state index < -0.39 is 17.6 Å². The molecule has 0 saturated carbocycles. The van der Waals surface area contributed by atoms with E-state index in [0.29, 0.717) is 22.7 Å². The van der Waals surface area contributed by atoms with Gasteiger partial charge in [0, 0.05) is 5.69 Å². The number of hydrogen-bond donors (Lipinski definition) is 2. The van der Waals surface area contributed by atoms with E-state index >= 15 is 0 Å². The zero-order valence-corrected chi connectivity index (χ0v) is 16.8. The summed E-state index contributed by atoms with van der Waals surface area (Å²) in [6, 6.07) is 16.9. The summed E-state index contributed by atoms with van der Waals surface area (Å²) in [5, 5.41) is 5.49. The van der Waals surface area contributed by atoms with Gasteiger partial charge in [-0.25, -0.2) is 4.39 Å². The van der Waals surface area contributed by atoms with Gasteiger partial charge in [0.05, 0.1) is 10.6 Å². The van der Waals surface area contributed by atoms with Crippen molar-refractivity contribution in [2.24, 2.45) is 0 Å². The minimum absolute atomic E-state index is 0.0342. The van der Waals surface area contributed by atoms with Crippen molar-refractivity contribution in [3.05, 3.63) is 94.4 Å². The lowest BCUT2D eigenvalue weighted by molar-refractivity contribution is -0.113. The van der Waals surface area contributed by atoms with Gasteiger partial charge >= 0.3 is 0 Å². The number of rotatable bonds is 5. The Bertz CT molecular complexity index is 1180. The number of nitrogens with one attached hydrogen (secondary N) is 2. The average molecular weight is 439 g/mol. The first kappa shape index (κ1) is 20.4. The first-order chi connectivity index (χ1) is 15.0. The van der Waals surface area contributed by atoms with Gasteiger partial charge in [-0.3, -0.25) is 9.59 Å². The highest BCUT2D eigenvalue weighted by Crippen LogP contribution is 2.33. The van der Waals surface area contributed by atoms with Gasteiger partial charge in [-0.15, -0.1) is 0 Å². The van der Waals surface area contributed by atoms with Crippen LogP contribution in [-0.4, -0.2) is 18.6 Å². The van der Waals surface area contributed by atoms with Crippen molar-refractivity contribution in [1.29, 1.82) is 0 Å². The monoisotopic (exact) mass is 438 g/mol. The van der Waals surface area contributed by atoms with E-state index in [0.717, 1.165) is 0 Å². The molecule has 6 nitrogen and oxygen atoms in total. The van der Waals surface area contributed by atoms with Gasteiger partial charge in [0.2, 0.25) is 6.79 Å². The molecule has 4 rings (SSSR count). The van der Waals surface area contributed by atoms with Gasteiger partial charge in [0.25, 0.3) is 11.8 Å². The zero-order valence-electron chi connectivity index (χ0n) is 16.0. The Morgan fingerprint density at radius 3 is 2.48 bits per heavy atom. The number of halogens is 2. The van der Waals surface area contributed by atoms with Crippen molar-refractivity contribution >= 4 is 35.2 Å². The third-order valence-electron chi connectivity index (χ3n) is 4.42. The summed E-state index contributed by atoms with van der Waals surface area (Å²) in [4.78, 5) is 25.7. The Morgan fingerprint density at radius 1 is 0.968 bits per heavy atom. The van der Waals surface area contributed by atoms with E-state index in [4.69, 9.17) is 21.1 Å². The van der Waals surface area contributed by atoms with Gasteiger partial charge in [0.15, 0.2) is 11.5 Å². The van der Waals surface area contributed by atoms with Crippen LogP contribution in [0.15, 0.2) is 72.4 Å². The number of hydrogen-bond acceptors (Lipinski definition) is 4. The molecule has 0 aliphatic carbocycles. The van der Waals surface area contributed by atoms with Crippen LogP contribution in [0.1, 0.15) is 15.9 Å². The van der Waals surface area contributed by atoms with E-state index in [1.165, 1.54) is 30.3 Å². The average Bonchev–Trinajstić information content (AvgIpc) is 3.23. The maximum Gasteiger partial charge on any atom is 0.272 e. The van der Waals surface area contributed by atoms with Crippen molar-refractivity contribution in [3.63, 3.8) is 0 Å². The molecule has 2 amide bonds. The van der Waals surface area contributed by atoms with Crippen LogP contribution in [0.5, 0.6) is 11.5 Å². The molecule has 0 saturated heterocycles. The molecule has 8 heteroatoms. The third-order valence-corrected chi connectivity index (χ3v) is 4.75. The largest absolute Gasteiger partial charge is 0.454 e. The second kappa shape index (κ2) is 8.89. The molecular formula is C23H16ClFN2O4. The van der Waals surface area contributed by atoms with Gasteiger partial charge in [-0.2, -0.15) is 0 Å². The predicted octanol–water partition coefficient (Wildman–Crippen LogP) is 4.62. The number of fused-ring (bicyclic) bond motifs is 1. The van der Waals surface area contributed by atoms with Crippen molar-refractivity contribution in [2.75, 3.05) is 12.1 Å². The van der Waals surface area contributed by atoms with E-state index in [1.54, 1.807) is 42.5 Å². The summed E-state index contributed by atoms with van der Waals surface area (Å²) in [5.41, 5.74) is 1.16. The molecule has 0 fully saturated rings. The van der Waals surface area contributed by atoms with Crippen LogP contribution in [0.2, 0.25) is 5.02 Å². The molecule has 3 aromatic carbocycles. The van der Waals surface area contributed by atoms with Gasteiger partial charge in [-0.1, -0.05) is 29.8 Å². The summed E-state index contributed by atoms with van der Waals surface area (Å²) in [7, 11) is 0. The predicted molar refractivity (Wildman–Crippen MR) is 114 cm³/mol. The van der Waals surface area contributed by atoms with Crippen LogP contribution in [0.3, 0.4) is 0 Å². The molecular weight excluding hydrogens is 423 g/mol. The van der Waals surface area contributed by atoms with E-state index in [-0.39, 0.29) is 23.1 Å². The highest BCUT2D eigenvalue weighted by atomic mass is 35.5. The maximum absolute atomic E-state index is 13.2. The SMILES string of the molecule is O=C(Nc1ccc(F)cc1)/C(=C\c1ccc2c(c1)OCO2)NC(=O)c1ccccc1Cl. The Morgan fingerprint density at radius 2 is 1.71 bits per heavy atom. The molecule has 1 heterocycles. The highest BCUT2D eigenvalue weighted by Gasteiger charge is 2.18. The molecule has 1 aliphatic heterocycles. The lowest BCUT2D eigenvalue weighted by Gasteiger charge is -2.12. The maximum atomic E-state index is 13.2. The summed E-state index contributed by atoms with van der Waals surface area (Å²) in [6.07, 6.45) is 1.50. The normalized spacial score (nSPS) is 12.4. The Hall–Kier alpha value is -3.84. The van der Waals surface area contributed by atoms with E-state index in [1.807, 2.05) is 0 Å². The molecule has 156 valence electrons. The van der Waals surface area contributed by atoms with E-state index in [9.17, 15) is 14.0 Å². The van der Waals surface area contributed by atoms with Crippen LogP contribution in [0, 0.1) is 5.82 Å².